The number of hydrogen-bond acceptors (Lipinski definition) is 3. The van der Waals surface area contributed by atoms with Gasteiger partial charge in [0.15, 0.2) is 0 Å². The van der Waals surface area contributed by atoms with Crippen molar-refractivity contribution in [2.24, 2.45) is 0 Å². The van der Waals surface area contributed by atoms with Crippen LogP contribution in [-0.4, -0.2) is 12.0 Å². The van der Waals surface area contributed by atoms with Gasteiger partial charge in [-0.15, -0.1) is 0 Å². The second-order valence-corrected chi connectivity index (χ2v) is 5.76. The highest BCUT2D eigenvalue weighted by atomic mass is 19.4. The summed E-state index contributed by atoms with van der Waals surface area (Å²) in [7, 11) is 1.27. The van der Waals surface area contributed by atoms with Crippen LogP contribution in [0, 0.1) is 24.0 Å². The number of nitro benzene ring substituents is 1. The van der Waals surface area contributed by atoms with Crippen LogP contribution in [-0.2, 0) is 12.4 Å². The standard InChI is InChI=1S/C17H13F6NO3/c1-8-4-5-11(9(2)15(8)27-3)14-12(17(21,22)23)6-10(16(18,19)20)7-13(14)24(25)26/h4-7H,1-3H3. The molecule has 0 fully saturated rings. The summed E-state index contributed by atoms with van der Waals surface area (Å²) in [6.07, 6.45) is -10.4. The maximum Gasteiger partial charge on any atom is 0.417 e. The monoisotopic (exact) mass is 393 g/mol. The molecule has 0 N–H and O–H groups in total. The normalized spacial score (nSPS) is 12.2. The molecule has 0 saturated carbocycles. The first-order chi connectivity index (χ1) is 12.3. The molecule has 0 saturated heterocycles. The van der Waals surface area contributed by atoms with Crippen LogP contribution in [0.25, 0.3) is 11.1 Å². The predicted octanol–water partition coefficient (Wildman–Crippen LogP) is 5.92. The Kier molecular flexibility index (Phi) is 5.13. The van der Waals surface area contributed by atoms with Gasteiger partial charge >= 0.3 is 12.4 Å². The summed E-state index contributed by atoms with van der Waals surface area (Å²) in [6.45, 7) is 2.99. The Morgan fingerprint density at radius 3 is 2.04 bits per heavy atom. The molecular formula is C17H13F6NO3. The van der Waals surface area contributed by atoms with Gasteiger partial charge in [0, 0.05) is 6.07 Å². The van der Waals surface area contributed by atoms with Gasteiger partial charge in [0.25, 0.3) is 5.69 Å². The fourth-order valence-corrected chi connectivity index (χ4v) is 2.85. The molecule has 0 atom stereocenters. The fourth-order valence-electron chi connectivity index (χ4n) is 2.85. The number of alkyl halides is 6. The highest BCUT2D eigenvalue weighted by Gasteiger charge is 2.42. The van der Waals surface area contributed by atoms with Gasteiger partial charge < -0.3 is 4.74 Å². The fraction of sp³-hybridized carbons (Fsp3) is 0.294. The number of rotatable bonds is 3. The SMILES string of the molecule is COc1c(C)ccc(-c2c([N+](=O)[O-])cc(C(F)(F)F)cc2C(F)(F)F)c1C. The van der Waals surface area contributed by atoms with E-state index < -0.39 is 39.7 Å². The molecule has 0 bridgehead atoms. The summed E-state index contributed by atoms with van der Waals surface area (Å²) < 4.78 is 84.6. The molecule has 0 spiro atoms. The number of halogens is 6. The Bertz CT molecular complexity index is 903. The number of methoxy groups -OCH3 is 1. The smallest absolute Gasteiger partial charge is 0.417 e. The molecule has 10 heteroatoms. The summed E-state index contributed by atoms with van der Waals surface area (Å²) in [5.41, 5.74) is -5.24. The van der Waals surface area contributed by atoms with E-state index in [0.29, 0.717) is 5.56 Å². The minimum absolute atomic E-state index is 0.107. The Morgan fingerprint density at radius 1 is 1.00 bits per heavy atom. The van der Waals surface area contributed by atoms with Gasteiger partial charge in [-0.2, -0.15) is 26.3 Å². The molecule has 2 rings (SSSR count). The third kappa shape index (κ3) is 3.83. The number of nitro groups is 1. The van der Waals surface area contributed by atoms with Crippen molar-refractivity contribution in [3.05, 3.63) is 56.6 Å². The topological polar surface area (TPSA) is 52.4 Å². The van der Waals surface area contributed by atoms with Gasteiger partial charge in [-0.05, 0) is 36.6 Å². The van der Waals surface area contributed by atoms with Crippen LogP contribution in [0.15, 0.2) is 24.3 Å². The molecule has 0 aliphatic rings. The molecule has 0 radical (unpaired) electrons. The molecule has 0 heterocycles. The van der Waals surface area contributed by atoms with E-state index >= 15 is 0 Å². The first-order valence-electron chi connectivity index (χ1n) is 7.40. The van der Waals surface area contributed by atoms with Gasteiger partial charge in [-0.1, -0.05) is 12.1 Å². The lowest BCUT2D eigenvalue weighted by Crippen LogP contribution is -2.14. The lowest BCUT2D eigenvalue weighted by atomic mass is 9.90. The van der Waals surface area contributed by atoms with E-state index in [9.17, 15) is 36.5 Å². The number of nitrogens with zero attached hydrogens (tertiary/aromatic N) is 1. The maximum absolute atomic E-state index is 13.5. The summed E-state index contributed by atoms with van der Waals surface area (Å²) in [6, 6.07) is 2.56. The van der Waals surface area contributed by atoms with Crippen LogP contribution < -0.4 is 4.74 Å². The zero-order valence-corrected chi connectivity index (χ0v) is 14.2. The zero-order chi connectivity index (χ0) is 20.7. The second kappa shape index (κ2) is 6.75. The van der Waals surface area contributed by atoms with E-state index in [-0.39, 0.29) is 29.0 Å². The van der Waals surface area contributed by atoms with Crippen LogP contribution in [0.1, 0.15) is 22.3 Å². The molecular weight excluding hydrogens is 380 g/mol. The average molecular weight is 393 g/mol. The van der Waals surface area contributed by atoms with Gasteiger partial charge in [-0.3, -0.25) is 10.1 Å². The highest BCUT2D eigenvalue weighted by molar-refractivity contribution is 5.82. The molecule has 2 aromatic rings. The third-order valence-corrected chi connectivity index (χ3v) is 4.02. The van der Waals surface area contributed by atoms with E-state index in [4.69, 9.17) is 4.74 Å². The van der Waals surface area contributed by atoms with E-state index in [2.05, 4.69) is 0 Å². The lowest BCUT2D eigenvalue weighted by molar-refractivity contribution is -0.384. The van der Waals surface area contributed by atoms with Crippen molar-refractivity contribution in [2.75, 3.05) is 7.11 Å². The number of ether oxygens (including phenoxy) is 1. The van der Waals surface area contributed by atoms with Crippen molar-refractivity contribution < 1.29 is 36.0 Å². The largest absolute Gasteiger partial charge is 0.496 e. The predicted molar refractivity (Wildman–Crippen MR) is 84.6 cm³/mol. The van der Waals surface area contributed by atoms with E-state index in [1.54, 1.807) is 6.92 Å². The number of hydrogen-bond donors (Lipinski definition) is 0. The second-order valence-electron chi connectivity index (χ2n) is 5.76. The quantitative estimate of drug-likeness (QED) is 0.369. The van der Waals surface area contributed by atoms with E-state index in [1.807, 2.05) is 0 Å². The van der Waals surface area contributed by atoms with Crippen molar-refractivity contribution in [1.29, 1.82) is 0 Å². The summed E-state index contributed by atoms with van der Waals surface area (Å²) in [5.74, 6) is 0.190. The third-order valence-electron chi connectivity index (χ3n) is 4.02. The minimum atomic E-state index is -5.24. The van der Waals surface area contributed by atoms with E-state index in [0.717, 1.165) is 0 Å². The minimum Gasteiger partial charge on any atom is -0.496 e. The Labute approximate surface area is 149 Å². The van der Waals surface area contributed by atoms with Crippen LogP contribution in [0.3, 0.4) is 0 Å². The molecule has 146 valence electrons. The highest BCUT2D eigenvalue weighted by Crippen LogP contribution is 2.47. The van der Waals surface area contributed by atoms with Crippen molar-refractivity contribution in [3.8, 4) is 16.9 Å². The van der Waals surface area contributed by atoms with Crippen LogP contribution in [0.2, 0.25) is 0 Å². The molecule has 2 aromatic carbocycles. The van der Waals surface area contributed by atoms with Gasteiger partial charge in [0.05, 0.1) is 28.7 Å². The molecule has 0 aliphatic heterocycles. The number of benzene rings is 2. The van der Waals surface area contributed by atoms with Crippen LogP contribution in [0.4, 0.5) is 32.0 Å². The van der Waals surface area contributed by atoms with Gasteiger partial charge in [-0.25, -0.2) is 0 Å². The lowest BCUT2D eigenvalue weighted by Gasteiger charge is -2.19. The average Bonchev–Trinajstić information content (AvgIpc) is 2.52. The Morgan fingerprint density at radius 2 is 1.59 bits per heavy atom. The summed E-state index contributed by atoms with van der Waals surface area (Å²) >= 11 is 0. The summed E-state index contributed by atoms with van der Waals surface area (Å²) in [4.78, 5) is 10.1. The number of aryl methyl sites for hydroxylation is 1. The maximum atomic E-state index is 13.5. The molecule has 0 aromatic heterocycles. The van der Waals surface area contributed by atoms with Crippen molar-refractivity contribution in [2.45, 2.75) is 26.2 Å². The summed E-state index contributed by atoms with van der Waals surface area (Å²) in [5, 5.41) is 11.3. The zero-order valence-electron chi connectivity index (χ0n) is 14.2. The van der Waals surface area contributed by atoms with Crippen LogP contribution in [0.5, 0.6) is 5.75 Å². The van der Waals surface area contributed by atoms with Crippen molar-refractivity contribution in [1.82, 2.24) is 0 Å². The van der Waals surface area contributed by atoms with Gasteiger partial charge in [0.2, 0.25) is 0 Å². The molecule has 0 unspecified atom stereocenters. The first kappa shape index (κ1) is 20.5. The molecule has 0 amide bonds. The van der Waals surface area contributed by atoms with Crippen molar-refractivity contribution >= 4 is 5.69 Å². The Balaban J connectivity index is 3.01. The van der Waals surface area contributed by atoms with Gasteiger partial charge in [0.1, 0.15) is 5.75 Å². The molecule has 4 nitrogen and oxygen atoms in total. The molecule has 0 aliphatic carbocycles. The Hall–Kier alpha value is -2.78. The van der Waals surface area contributed by atoms with Crippen molar-refractivity contribution in [3.63, 3.8) is 0 Å². The molecule has 27 heavy (non-hydrogen) atoms. The van der Waals surface area contributed by atoms with E-state index in [1.165, 1.54) is 26.2 Å². The van der Waals surface area contributed by atoms with Crippen LogP contribution >= 0.6 is 0 Å². The first-order valence-corrected chi connectivity index (χ1v) is 7.40.